The number of carbonyl (C=O) groups is 1. The fourth-order valence-corrected chi connectivity index (χ4v) is 1.25. The maximum absolute atomic E-state index is 10.9. The number of nitrogens with one attached hydrogen (secondary N) is 1. The summed E-state index contributed by atoms with van der Waals surface area (Å²) in [7, 11) is 0. The van der Waals surface area contributed by atoms with E-state index in [2.05, 4.69) is 5.32 Å². The summed E-state index contributed by atoms with van der Waals surface area (Å²) in [5.41, 5.74) is 0.0201. The summed E-state index contributed by atoms with van der Waals surface area (Å²) in [6, 6.07) is 0. The van der Waals surface area contributed by atoms with Gasteiger partial charge in [0.15, 0.2) is 0 Å². The van der Waals surface area contributed by atoms with Crippen molar-refractivity contribution in [2.45, 2.75) is 38.6 Å². The lowest BCUT2D eigenvalue weighted by atomic mass is 9.79. The van der Waals surface area contributed by atoms with Crippen molar-refractivity contribution in [1.82, 2.24) is 5.32 Å². The van der Waals surface area contributed by atoms with Gasteiger partial charge in [-0.25, -0.2) is 4.79 Å². The summed E-state index contributed by atoms with van der Waals surface area (Å²) in [6.45, 7) is 4.30. The monoisotopic (exact) mass is 157 g/mol. The summed E-state index contributed by atoms with van der Waals surface area (Å²) in [6.07, 6.45) is 3.08. The van der Waals surface area contributed by atoms with Crippen LogP contribution in [0.1, 0.15) is 33.1 Å². The molecule has 3 heteroatoms. The lowest BCUT2D eigenvalue weighted by Gasteiger charge is -2.38. The highest BCUT2D eigenvalue weighted by atomic mass is 16.5. The van der Waals surface area contributed by atoms with Crippen molar-refractivity contribution in [2.75, 3.05) is 6.61 Å². The summed E-state index contributed by atoms with van der Waals surface area (Å²) in [5, 5.41) is 2.83. The van der Waals surface area contributed by atoms with Gasteiger partial charge < -0.3 is 10.1 Å². The van der Waals surface area contributed by atoms with Gasteiger partial charge in [0.25, 0.3) is 0 Å². The van der Waals surface area contributed by atoms with Crippen LogP contribution in [0.25, 0.3) is 0 Å². The maximum atomic E-state index is 10.9. The molecule has 1 aliphatic carbocycles. The standard InChI is InChI=1S/C8H15NO2/c1-3-11-7(10)9-8(2)5-4-6-8/h3-6H2,1-2H3,(H,9,10). The predicted molar refractivity (Wildman–Crippen MR) is 42.4 cm³/mol. The topological polar surface area (TPSA) is 38.3 Å². The van der Waals surface area contributed by atoms with Crippen LogP contribution in [0.15, 0.2) is 0 Å². The first-order valence-electron chi connectivity index (χ1n) is 4.11. The van der Waals surface area contributed by atoms with E-state index in [1.807, 2.05) is 13.8 Å². The molecule has 1 fully saturated rings. The zero-order valence-corrected chi connectivity index (χ0v) is 7.14. The van der Waals surface area contributed by atoms with Crippen molar-refractivity contribution >= 4 is 6.09 Å². The van der Waals surface area contributed by atoms with Crippen molar-refractivity contribution in [3.05, 3.63) is 0 Å². The minimum atomic E-state index is -0.283. The van der Waals surface area contributed by atoms with Gasteiger partial charge in [-0.3, -0.25) is 0 Å². The molecule has 0 aromatic heterocycles. The Kier molecular flexibility index (Phi) is 2.37. The van der Waals surface area contributed by atoms with Crippen LogP contribution in [0.2, 0.25) is 0 Å². The van der Waals surface area contributed by atoms with Gasteiger partial charge >= 0.3 is 6.09 Å². The van der Waals surface area contributed by atoms with Gasteiger partial charge in [0, 0.05) is 5.54 Å². The van der Waals surface area contributed by atoms with Crippen LogP contribution in [0.3, 0.4) is 0 Å². The third-order valence-corrected chi connectivity index (χ3v) is 2.14. The number of rotatable bonds is 2. The van der Waals surface area contributed by atoms with Crippen LogP contribution in [0, 0.1) is 0 Å². The van der Waals surface area contributed by atoms with E-state index in [9.17, 15) is 4.79 Å². The molecule has 0 aromatic carbocycles. The average molecular weight is 157 g/mol. The number of amides is 1. The van der Waals surface area contributed by atoms with Gasteiger partial charge in [-0.15, -0.1) is 0 Å². The molecule has 0 spiro atoms. The molecule has 0 atom stereocenters. The van der Waals surface area contributed by atoms with E-state index in [1.54, 1.807) is 0 Å². The van der Waals surface area contributed by atoms with E-state index in [0.717, 1.165) is 12.8 Å². The zero-order valence-electron chi connectivity index (χ0n) is 7.14. The Hall–Kier alpha value is -0.730. The van der Waals surface area contributed by atoms with Gasteiger partial charge in [-0.1, -0.05) is 0 Å². The highest BCUT2D eigenvalue weighted by molar-refractivity contribution is 5.68. The summed E-state index contributed by atoms with van der Waals surface area (Å²) in [5.74, 6) is 0. The Bertz CT molecular complexity index is 152. The largest absolute Gasteiger partial charge is 0.450 e. The molecule has 0 aliphatic heterocycles. The Morgan fingerprint density at radius 1 is 1.64 bits per heavy atom. The van der Waals surface area contributed by atoms with Crippen LogP contribution >= 0.6 is 0 Å². The Labute approximate surface area is 67.1 Å². The summed E-state index contributed by atoms with van der Waals surface area (Å²) in [4.78, 5) is 10.9. The number of alkyl carbamates (subject to hydrolysis) is 1. The lowest BCUT2D eigenvalue weighted by molar-refractivity contribution is 0.122. The zero-order chi connectivity index (χ0) is 8.32. The lowest BCUT2D eigenvalue weighted by Crippen LogP contribution is -2.51. The summed E-state index contributed by atoms with van der Waals surface area (Å²) >= 11 is 0. The quantitative estimate of drug-likeness (QED) is 0.662. The number of ether oxygens (including phenoxy) is 1. The molecule has 0 bridgehead atoms. The molecule has 0 radical (unpaired) electrons. The third kappa shape index (κ3) is 2.10. The van der Waals surface area contributed by atoms with E-state index in [4.69, 9.17) is 4.74 Å². The predicted octanol–water partition coefficient (Wildman–Crippen LogP) is 1.68. The molecule has 64 valence electrons. The molecule has 0 unspecified atom stereocenters. The van der Waals surface area contributed by atoms with Crippen LogP contribution in [-0.2, 0) is 4.74 Å². The van der Waals surface area contributed by atoms with E-state index in [1.165, 1.54) is 6.42 Å². The van der Waals surface area contributed by atoms with Gasteiger partial charge in [-0.05, 0) is 33.1 Å². The van der Waals surface area contributed by atoms with Gasteiger partial charge in [0.05, 0.1) is 6.61 Å². The molecule has 0 saturated heterocycles. The van der Waals surface area contributed by atoms with Crippen molar-refractivity contribution in [3.63, 3.8) is 0 Å². The first kappa shape index (κ1) is 8.37. The Balaban J connectivity index is 2.23. The molecule has 11 heavy (non-hydrogen) atoms. The van der Waals surface area contributed by atoms with Gasteiger partial charge in [0.2, 0.25) is 0 Å². The van der Waals surface area contributed by atoms with E-state index in [0.29, 0.717) is 6.61 Å². The molecule has 1 N–H and O–H groups in total. The van der Waals surface area contributed by atoms with Gasteiger partial charge in [0.1, 0.15) is 0 Å². The van der Waals surface area contributed by atoms with Crippen LogP contribution in [0.4, 0.5) is 4.79 Å². The molecule has 1 amide bonds. The smallest absolute Gasteiger partial charge is 0.407 e. The first-order chi connectivity index (χ1) is 5.16. The van der Waals surface area contributed by atoms with Crippen molar-refractivity contribution in [1.29, 1.82) is 0 Å². The normalized spacial score (nSPS) is 20.2. The van der Waals surface area contributed by atoms with Gasteiger partial charge in [-0.2, -0.15) is 0 Å². The molecule has 3 nitrogen and oxygen atoms in total. The van der Waals surface area contributed by atoms with E-state index in [-0.39, 0.29) is 11.6 Å². The van der Waals surface area contributed by atoms with Crippen molar-refractivity contribution in [3.8, 4) is 0 Å². The summed E-state index contributed by atoms with van der Waals surface area (Å²) < 4.78 is 4.76. The maximum Gasteiger partial charge on any atom is 0.407 e. The Morgan fingerprint density at radius 2 is 2.27 bits per heavy atom. The second-order valence-electron chi connectivity index (χ2n) is 3.26. The minimum absolute atomic E-state index is 0.0201. The number of hydrogen-bond acceptors (Lipinski definition) is 2. The number of hydrogen-bond donors (Lipinski definition) is 1. The van der Waals surface area contributed by atoms with Crippen molar-refractivity contribution in [2.24, 2.45) is 0 Å². The molecule has 1 aliphatic rings. The molecular formula is C8H15NO2. The van der Waals surface area contributed by atoms with Crippen LogP contribution in [-0.4, -0.2) is 18.2 Å². The fraction of sp³-hybridized carbons (Fsp3) is 0.875. The fourth-order valence-electron chi connectivity index (χ4n) is 1.25. The molecule has 1 saturated carbocycles. The average Bonchev–Trinajstić information content (AvgIpc) is 1.85. The molecule has 1 rings (SSSR count). The van der Waals surface area contributed by atoms with Crippen molar-refractivity contribution < 1.29 is 9.53 Å². The van der Waals surface area contributed by atoms with E-state index >= 15 is 0 Å². The minimum Gasteiger partial charge on any atom is -0.450 e. The second kappa shape index (κ2) is 3.11. The molecular weight excluding hydrogens is 142 g/mol. The molecule has 0 heterocycles. The first-order valence-corrected chi connectivity index (χ1v) is 4.11. The van der Waals surface area contributed by atoms with Crippen LogP contribution < -0.4 is 5.32 Å². The second-order valence-corrected chi connectivity index (χ2v) is 3.26. The highest BCUT2D eigenvalue weighted by Gasteiger charge is 2.33. The third-order valence-electron chi connectivity index (χ3n) is 2.14. The Morgan fingerprint density at radius 3 is 2.64 bits per heavy atom. The highest BCUT2D eigenvalue weighted by Crippen LogP contribution is 2.30. The molecule has 0 aromatic rings. The number of carbonyl (C=O) groups excluding carboxylic acids is 1. The SMILES string of the molecule is CCOC(=O)NC1(C)CCC1. The van der Waals surface area contributed by atoms with E-state index < -0.39 is 0 Å². The van der Waals surface area contributed by atoms with Crippen LogP contribution in [0.5, 0.6) is 0 Å².